The molecule has 27 heavy (non-hydrogen) atoms. The van der Waals surface area contributed by atoms with Gasteiger partial charge in [0.2, 0.25) is 5.91 Å². The predicted octanol–water partition coefficient (Wildman–Crippen LogP) is 0.335. The summed E-state index contributed by atoms with van der Waals surface area (Å²) >= 11 is 0. The van der Waals surface area contributed by atoms with E-state index in [2.05, 4.69) is 10.6 Å². The van der Waals surface area contributed by atoms with Crippen LogP contribution in [0, 0.1) is 5.92 Å². The molecule has 0 aliphatic rings. The maximum absolute atomic E-state index is 12.4. The maximum Gasteiger partial charge on any atom is 0.408 e. The van der Waals surface area contributed by atoms with Gasteiger partial charge >= 0.3 is 6.09 Å². The molecule has 0 aliphatic carbocycles. The Bertz CT molecular complexity index is 605. The number of nitrogens with one attached hydrogen (secondary N) is 2. The number of carbonyl (C=O) groups excluding carboxylic acids is 3. The highest BCUT2D eigenvalue weighted by Crippen LogP contribution is 2.08. The average Bonchev–Trinajstić information content (AvgIpc) is 2.63. The summed E-state index contributed by atoms with van der Waals surface area (Å²) in [5.41, 5.74) is 0.804. The first kappa shape index (κ1) is 22.4. The summed E-state index contributed by atoms with van der Waals surface area (Å²) < 4.78 is 5.12. The van der Waals surface area contributed by atoms with Crippen LogP contribution in [-0.2, 0) is 20.9 Å². The Morgan fingerprint density at radius 2 is 1.78 bits per heavy atom. The van der Waals surface area contributed by atoms with E-state index < -0.39 is 30.1 Å². The van der Waals surface area contributed by atoms with E-state index in [4.69, 9.17) is 9.84 Å². The number of benzene rings is 1. The Kier molecular flexibility index (Phi) is 9.89. The smallest absolute Gasteiger partial charge is 0.408 e. The molecule has 1 rings (SSSR count). The number of alkyl carbamates (subject to hydrolysis) is 1. The third-order valence-electron chi connectivity index (χ3n) is 3.78. The monoisotopic (exact) mass is 379 g/mol. The molecule has 150 valence electrons. The first-order chi connectivity index (χ1) is 12.8. The summed E-state index contributed by atoms with van der Waals surface area (Å²) in [6.07, 6.45) is -0.205. The molecule has 0 radical (unpaired) electrons. The molecule has 0 spiro atoms. The molecule has 1 aromatic rings. The van der Waals surface area contributed by atoms with Gasteiger partial charge in [-0.3, -0.25) is 4.79 Å². The normalized spacial score (nSPS) is 12.9. The molecule has 0 saturated carbocycles. The van der Waals surface area contributed by atoms with Crippen LogP contribution in [0.3, 0.4) is 0 Å². The molecule has 0 unspecified atom stereocenters. The molecular formula is C19H27N2O6-. The van der Waals surface area contributed by atoms with Crippen molar-refractivity contribution in [1.29, 1.82) is 0 Å². The molecule has 0 heterocycles. The number of hydrogen-bond donors (Lipinski definition) is 3. The number of aliphatic carboxylic acids is 1. The second-order valence-electron chi connectivity index (χ2n) is 6.63. The first-order valence-corrected chi connectivity index (χ1v) is 8.92. The molecule has 0 fully saturated rings. The molecule has 0 aliphatic heterocycles. The molecule has 0 saturated heterocycles. The zero-order valence-corrected chi connectivity index (χ0v) is 15.6. The van der Waals surface area contributed by atoms with Crippen LogP contribution in [0.2, 0.25) is 0 Å². The van der Waals surface area contributed by atoms with Crippen LogP contribution in [0.1, 0.15) is 38.7 Å². The molecular weight excluding hydrogens is 352 g/mol. The second-order valence-corrected chi connectivity index (χ2v) is 6.63. The third-order valence-corrected chi connectivity index (χ3v) is 3.78. The standard InChI is InChI=1S/C19H28N2O6/c1-13(2)11-16(17(23)20-15(18(24)25)9-6-10-22)21-19(26)27-12-14-7-4-3-5-8-14/h3-5,7-8,13,15-16,22H,6,9-12H2,1-2H3,(H,20,23)(H,21,26)(H,24,25)/p-1/t15-,16-/m0/s1. The van der Waals surface area contributed by atoms with E-state index in [1.165, 1.54) is 0 Å². The van der Waals surface area contributed by atoms with Crippen LogP contribution in [0.25, 0.3) is 0 Å². The SMILES string of the molecule is CC(C)C[C@H](NC(=O)OCc1ccccc1)C(=O)N[C@@H](CCCO)C(=O)[O-]. The molecule has 0 aromatic heterocycles. The van der Waals surface area contributed by atoms with Crippen LogP contribution >= 0.6 is 0 Å². The Morgan fingerprint density at radius 1 is 1.11 bits per heavy atom. The van der Waals surface area contributed by atoms with Gasteiger partial charge in [0.1, 0.15) is 12.6 Å². The largest absolute Gasteiger partial charge is 0.548 e. The van der Waals surface area contributed by atoms with E-state index in [9.17, 15) is 19.5 Å². The fourth-order valence-electron chi connectivity index (χ4n) is 2.43. The number of ether oxygens (including phenoxy) is 1. The highest BCUT2D eigenvalue weighted by atomic mass is 16.5. The van der Waals surface area contributed by atoms with Gasteiger partial charge in [0.05, 0.1) is 12.0 Å². The molecule has 1 aromatic carbocycles. The fraction of sp³-hybridized carbons (Fsp3) is 0.526. The highest BCUT2D eigenvalue weighted by molar-refractivity contribution is 5.88. The fourth-order valence-corrected chi connectivity index (χ4v) is 2.43. The van der Waals surface area contributed by atoms with Crippen molar-refractivity contribution in [1.82, 2.24) is 10.6 Å². The lowest BCUT2D eigenvalue weighted by atomic mass is 10.0. The minimum absolute atomic E-state index is 0.0391. The Balaban J connectivity index is 2.65. The lowest BCUT2D eigenvalue weighted by molar-refractivity contribution is -0.308. The van der Waals surface area contributed by atoms with E-state index in [1.54, 1.807) is 12.1 Å². The van der Waals surface area contributed by atoms with E-state index in [-0.39, 0.29) is 32.0 Å². The van der Waals surface area contributed by atoms with Crippen LogP contribution in [0.5, 0.6) is 0 Å². The van der Waals surface area contributed by atoms with Crippen LogP contribution in [0.4, 0.5) is 4.79 Å². The molecule has 8 nitrogen and oxygen atoms in total. The Morgan fingerprint density at radius 3 is 2.33 bits per heavy atom. The van der Waals surface area contributed by atoms with E-state index >= 15 is 0 Å². The maximum atomic E-state index is 12.4. The second kappa shape index (κ2) is 11.9. The third kappa shape index (κ3) is 9.05. The predicted molar refractivity (Wildman–Crippen MR) is 96.3 cm³/mol. The summed E-state index contributed by atoms with van der Waals surface area (Å²) in [6.45, 7) is 3.61. The Labute approximate surface area is 158 Å². The summed E-state index contributed by atoms with van der Waals surface area (Å²) in [5, 5.41) is 24.8. The number of carboxylic acid groups (broad SMARTS) is 1. The van der Waals surface area contributed by atoms with Crippen LogP contribution in [0.15, 0.2) is 30.3 Å². The minimum Gasteiger partial charge on any atom is -0.548 e. The van der Waals surface area contributed by atoms with E-state index in [1.807, 2.05) is 32.0 Å². The van der Waals surface area contributed by atoms with Crippen LogP contribution < -0.4 is 15.7 Å². The molecule has 2 atom stereocenters. The van der Waals surface area contributed by atoms with E-state index in [0.717, 1.165) is 5.56 Å². The van der Waals surface area contributed by atoms with Crippen molar-refractivity contribution in [2.75, 3.05) is 6.61 Å². The minimum atomic E-state index is -1.44. The number of aliphatic hydroxyl groups excluding tert-OH is 1. The van der Waals surface area contributed by atoms with Gasteiger partial charge in [0.25, 0.3) is 0 Å². The molecule has 8 heteroatoms. The van der Waals surface area contributed by atoms with Crippen molar-refractivity contribution < 1.29 is 29.3 Å². The zero-order valence-electron chi connectivity index (χ0n) is 15.6. The number of hydrogen-bond acceptors (Lipinski definition) is 6. The zero-order chi connectivity index (χ0) is 20.2. The average molecular weight is 379 g/mol. The van der Waals surface area contributed by atoms with Gasteiger partial charge in [-0.15, -0.1) is 0 Å². The van der Waals surface area contributed by atoms with Gasteiger partial charge in [-0.25, -0.2) is 4.79 Å². The summed E-state index contributed by atoms with van der Waals surface area (Å²) in [7, 11) is 0. The number of rotatable bonds is 11. The molecule has 0 bridgehead atoms. The summed E-state index contributed by atoms with van der Waals surface area (Å²) in [4.78, 5) is 35.6. The van der Waals surface area contributed by atoms with Crippen molar-refractivity contribution in [3.63, 3.8) is 0 Å². The van der Waals surface area contributed by atoms with Crippen molar-refractivity contribution in [2.45, 2.75) is 51.8 Å². The number of amides is 2. The number of carbonyl (C=O) groups is 3. The van der Waals surface area contributed by atoms with Gasteiger partial charge in [0, 0.05) is 6.61 Å². The van der Waals surface area contributed by atoms with Crippen molar-refractivity contribution in [2.24, 2.45) is 5.92 Å². The first-order valence-electron chi connectivity index (χ1n) is 8.92. The highest BCUT2D eigenvalue weighted by Gasteiger charge is 2.25. The quantitative estimate of drug-likeness (QED) is 0.508. The molecule has 2 amide bonds. The lowest BCUT2D eigenvalue weighted by Crippen LogP contribution is -2.54. The molecule has 3 N–H and O–H groups in total. The Hall–Kier alpha value is -2.61. The number of carboxylic acids is 1. The lowest BCUT2D eigenvalue weighted by Gasteiger charge is -2.24. The number of aliphatic hydroxyl groups is 1. The van der Waals surface area contributed by atoms with Gasteiger partial charge in [-0.1, -0.05) is 44.2 Å². The van der Waals surface area contributed by atoms with Crippen LogP contribution in [-0.4, -0.2) is 41.8 Å². The van der Waals surface area contributed by atoms with Gasteiger partial charge in [0.15, 0.2) is 0 Å². The van der Waals surface area contributed by atoms with Gasteiger partial charge < -0.3 is 30.4 Å². The summed E-state index contributed by atoms with van der Waals surface area (Å²) in [6, 6.07) is 6.91. The van der Waals surface area contributed by atoms with Crippen molar-refractivity contribution in [3.05, 3.63) is 35.9 Å². The van der Waals surface area contributed by atoms with E-state index in [0.29, 0.717) is 6.42 Å². The van der Waals surface area contributed by atoms with Crippen molar-refractivity contribution >= 4 is 18.0 Å². The van der Waals surface area contributed by atoms with Crippen molar-refractivity contribution in [3.8, 4) is 0 Å². The summed E-state index contributed by atoms with van der Waals surface area (Å²) in [5.74, 6) is -1.99. The van der Waals surface area contributed by atoms with Gasteiger partial charge in [-0.05, 0) is 30.7 Å². The van der Waals surface area contributed by atoms with Gasteiger partial charge in [-0.2, -0.15) is 0 Å². The topological polar surface area (TPSA) is 128 Å².